The average molecular weight is 514 g/mol. The molecule has 0 aliphatic heterocycles. The summed E-state index contributed by atoms with van der Waals surface area (Å²) in [6.07, 6.45) is -2.42. The van der Waals surface area contributed by atoms with Crippen LogP contribution in [-0.2, 0) is 11.0 Å². The summed E-state index contributed by atoms with van der Waals surface area (Å²) in [5.41, 5.74) is -1.20. The molecule has 1 amide bonds. The van der Waals surface area contributed by atoms with Gasteiger partial charge in [0.2, 0.25) is 5.91 Å². The van der Waals surface area contributed by atoms with Gasteiger partial charge in [-0.15, -0.1) is 0 Å². The van der Waals surface area contributed by atoms with Gasteiger partial charge in [-0.25, -0.2) is 9.97 Å². The lowest BCUT2D eigenvalue weighted by Crippen LogP contribution is -2.23. The molecule has 0 saturated heterocycles. The van der Waals surface area contributed by atoms with E-state index < -0.39 is 35.3 Å². The molecule has 10 heteroatoms. The van der Waals surface area contributed by atoms with Crippen LogP contribution >= 0.6 is 0 Å². The summed E-state index contributed by atoms with van der Waals surface area (Å²) in [5, 5.41) is 2.45. The number of carbonyl (C=O) groups excluding carboxylic acids is 1. The molecule has 1 fully saturated rings. The number of halogens is 6. The van der Waals surface area contributed by atoms with E-state index in [0.717, 1.165) is 31.9 Å². The highest BCUT2D eigenvalue weighted by atomic mass is 19.4. The molecule has 0 aromatic carbocycles. The number of anilines is 1. The standard InChI is InChI=1S/C26H29F6N3O/c1-4-6-7-8-16(5-2)20-13-18(26(30,31)32)14-21(34-20)19-11-12-33-23(35-24(36)17-9-10-17)22(19)15(3)25(27,28)29/h8,11-15,17H,4-7,9-10H2,1-3H3,(H,33,35,36)/b16-8+. The molecular formula is C26H29F6N3O. The van der Waals surface area contributed by atoms with Crippen LogP contribution < -0.4 is 5.32 Å². The van der Waals surface area contributed by atoms with Gasteiger partial charge in [-0.3, -0.25) is 4.79 Å². The second kappa shape index (κ2) is 11.0. The topological polar surface area (TPSA) is 54.9 Å². The second-order valence-electron chi connectivity index (χ2n) is 9.00. The number of aromatic nitrogens is 2. The minimum Gasteiger partial charge on any atom is -0.310 e. The first-order valence-corrected chi connectivity index (χ1v) is 12.0. The molecule has 0 bridgehead atoms. The molecule has 2 heterocycles. The van der Waals surface area contributed by atoms with Crippen LogP contribution in [0.25, 0.3) is 16.8 Å². The second-order valence-corrected chi connectivity index (χ2v) is 9.00. The highest BCUT2D eigenvalue weighted by Crippen LogP contribution is 2.43. The van der Waals surface area contributed by atoms with Crippen LogP contribution in [0.3, 0.4) is 0 Å². The van der Waals surface area contributed by atoms with Crippen molar-refractivity contribution in [3.05, 3.63) is 47.3 Å². The number of pyridine rings is 2. The van der Waals surface area contributed by atoms with Crippen LogP contribution in [0.2, 0.25) is 0 Å². The van der Waals surface area contributed by atoms with Gasteiger partial charge in [-0.2, -0.15) is 26.3 Å². The molecule has 1 unspecified atom stereocenters. The smallest absolute Gasteiger partial charge is 0.310 e. The fourth-order valence-corrected chi connectivity index (χ4v) is 3.87. The van der Waals surface area contributed by atoms with Gasteiger partial charge in [0, 0.05) is 23.2 Å². The van der Waals surface area contributed by atoms with Crippen LogP contribution in [0.15, 0.2) is 30.5 Å². The Kier molecular flexibility index (Phi) is 8.46. The Morgan fingerprint density at radius 3 is 2.42 bits per heavy atom. The largest absolute Gasteiger partial charge is 0.416 e. The number of hydrogen-bond donors (Lipinski definition) is 1. The third-order valence-corrected chi connectivity index (χ3v) is 6.19. The quantitative estimate of drug-likeness (QED) is 0.272. The van der Waals surface area contributed by atoms with Crippen molar-refractivity contribution in [3.63, 3.8) is 0 Å². The molecule has 1 atom stereocenters. The Morgan fingerprint density at radius 2 is 1.86 bits per heavy atom. The molecule has 0 radical (unpaired) electrons. The number of rotatable bonds is 9. The first-order chi connectivity index (χ1) is 16.9. The van der Waals surface area contributed by atoms with E-state index in [1.54, 1.807) is 6.92 Å². The lowest BCUT2D eigenvalue weighted by atomic mass is 9.92. The number of nitrogens with one attached hydrogen (secondary N) is 1. The number of amides is 1. The fourth-order valence-electron chi connectivity index (χ4n) is 3.87. The summed E-state index contributed by atoms with van der Waals surface area (Å²) in [7, 11) is 0. The van der Waals surface area contributed by atoms with Gasteiger partial charge >= 0.3 is 12.4 Å². The van der Waals surface area contributed by atoms with Gasteiger partial charge < -0.3 is 5.32 Å². The van der Waals surface area contributed by atoms with Crippen molar-refractivity contribution in [2.45, 2.75) is 77.6 Å². The summed E-state index contributed by atoms with van der Waals surface area (Å²) < 4.78 is 83.1. The van der Waals surface area contributed by atoms with Crippen LogP contribution in [0.1, 0.15) is 82.0 Å². The van der Waals surface area contributed by atoms with Gasteiger partial charge in [0.15, 0.2) is 0 Å². The molecule has 36 heavy (non-hydrogen) atoms. The Balaban J connectivity index is 2.23. The summed E-state index contributed by atoms with van der Waals surface area (Å²) in [5.74, 6) is -3.19. The summed E-state index contributed by atoms with van der Waals surface area (Å²) in [4.78, 5) is 20.7. The van der Waals surface area contributed by atoms with E-state index in [0.29, 0.717) is 31.3 Å². The lowest BCUT2D eigenvalue weighted by molar-refractivity contribution is -0.146. The molecule has 2 aromatic heterocycles. The zero-order chi connectivity index (χ0) is 26.7. The van der Waals surface area contributed by atoms with Crippen molar-refractivity contribution in [2.75, 3.05) is 5.32 Å². The van der Waals surface area contributed by atoms with Crippen molar-refractivity contribution in [1.29, 1.82) is 0 Å². The maximum absolute atomic E-state index is 13.9. The van der Waals surface area contributed by atoms with Crippen LogP contribution in [0.4, 0.5) is 32.2 Å². The summed E-state index contributed by atoms with van der Waals surface area (Å²) in [6, 6.07) is 2.88. The van der Waals surface area contributed by atoms with E-state index in [1.165, 1.54) is 12.3 Å². The molecule has 2 aromatic rings. The first kappa shape index (κ1) is 27.7. The van der Waals surface area contributed by atoms with Crippen molar-refractivity contribution in [1.82, 2.24) is 9.97 Å². The monoisotopic (exact) mass is 513 g/mol. The maximum atomic E-state index is 13.9. The average Bonchev–Trinajstić information content (AvgIpc) is 3.65. The molecule has 1 N–H and O–H groups in total. The number of alkyl halides is 6. The van der Waals surface area contributed by atoms with Crippen molar-refractivity contribution >= 4 is 17.3 Å². The molecule has 1 aliphatic rings. The fraction of sp³-hybridized carbons (Fsp3) is 0.500. The van der Waals surface area contributed by atoms with Gasteiger partial charge in [-0.05, 0) is 56.4 Å². The first-order valence-electron chi connectivity index (χ1n) is 12.0. The van der Waals surface area contributed by atoms with E-state index in [9.17, 15) is 31.1 Å². The summed E-state index contributed by atoms with van der Waals surface area (Å²) >= 11 is 0. The number of unbranched alkanes of at least 4 members (excludes halogenated alkanes) is 2. The zero-order valence-electron chi connectivity index (χ0n) is 20.4. The molecule has 196 valence electrons. The molecule has 1 aliphatic carbocycles. The Morgan fingerprint density at radius 1 is 1.17 bits per heavy atom. The molecule has 1 saturated carbocycles. The lowest BCUT2D eigenvalue weighted by Gasteiger charge is -2.23. The van der Waals surface area contributed by atoms with E-state index in [1.807, 2.05) is 13.0 Å². The Hall–Kier alpha value is -2.91. The zero-order valence-corrected chi connectivity index (χ0v) is 20.4. The van der Waals surface area contributed by atoms with Gasteiger partial charge in [0.25, 0.3) is 0 Å². The Labute approximate surface area is 206 Å². The molecule has 4 nitrogen and oxygen atoms in total. The predicted molar refractivity (Wildman–Crippen MR) is 126 cm³/mol. The minimum absolute atomic E-state index is 0.0596. The molecular weight excluding hydrogens is 484 g/mol. The van der Waals surface area contributed by atoms with E-state index in [-0.39, 0.29) is 28.7 Å². The van der Waals surface area contributed by atoms with Gasteiger partial charge in [0.1, 0.15) is 5.82 Å². The molecule has 0 spiro atoms. The van der Waals surface area contributed by atoms with Crippen LogP contribution in [0, 0.1) is 5.92 Å². The maximum Gasteiger partial charge on any atom is 0.416 e. The van der Waals surface area contributed by atoms with E-state index >= 15 is 0 Å². The SMILES string of the molecule is CCCC/C=C(\CC)c1cc(C(F)(F)F)cc(-c2ccnc(NC(=O)C3CC3)c2C(C)C(F)(F)F)n1. The minimum atomic E-state index is -4.74. The number of nitrogens with zero attached hydrogens (tertiary/aromatic N) is 2. The third-order valence-electron chi connectivity index (χ3n) is 6.19. The Bertz CT molecular complexity index is 1120. The van der Waals surface area contributed by atoms with E-state index in [2.05, 4.69) is 15.3 Å². The number of allylic oxidation sites excluding steroid dienone is 2. The van der Waals surface area contributed by atoms with Crippen molar-refractivity contribution in [2.24, 2.45) is 5.92 Å². The van der Waals surface area contributed by atoms with E-state index in [4.69, 9.17) is 0 Å². The highest BCUT2D eigenvalue weighted by molar-refractivity contribution is 5.94. The highest BCUT2D eigenvalue weighted by Gasteiger charge is 2.41. The number of carbonyl (C=O) groups is 1. The van der Waals surface area contributed by atoms with Crippen molar-refractivity contribution in [3.8, 4) is 11.3 Å². The number of hydrogen-bond acceptors (Lipinski definition) is 3. The van der Waals surface area contributed by atoms with Crippen molar-refractivity contribution < 1.29 is 31.1 Å². The van der Waals surface area contributed by atoms with Gasteiger partial charge in [-0.1, -0.05) is 32.8 Å². The normalized spacial score (nSPS) is 15.6. The molecule has 3 rings (SSSR count). The van der Waals surface area contributed by atoms with Gasteiger partial charge in [0.05, 0.1) is 22.9 Å². The van der Waals surface area contributed by atoms with Crippen LogP contribution in [0.5, 0.6) is 0 Å². The predicted octanol–water partition coefficient (Wildman–Crippen LogP) is 8.16. The summed E-state index contributed by atoms with van der Waals surface area (Å²) in [6.45, 7) is 4.67. The third kappa shape index (κ3) is 6.64. The van der Waals surface area contributed by atoms with Crippen LogP contribution in [-0.4, -0.2) is 22.1 Å².